The lowest BCUT2D eigenvalue weighted by molar-refractivity contribution is 0.503. The van der Waals surface area contributed by atoms with Crippen LogP contribution in [0.1, 0.15) is 27.7 Å². The predicted molar refractivity (Wildman–Crippen MR) is 73.3 cm³/mol. The largest absolute Gasteiger partial charge is 0.370 e. The minimum Gasteiger partial charge on any atom is -0.370 e. The van der Waals surface area contributed by atoms with Gasteiger partial charge in [0.15, 0.2) is 0 Å². The van der Waals surface area contributed by atoms with E-state index < -0.39 is 0 Å². The molecule has 1 aromatic rings. The Balaban J connectivity index is 2.96. The zero-order chi connectivity index (χ0) is 13.0. The Labute approximate surface area is 103 Å². The fraction of sp³-hybridized carbons (Fsp3) is 0.667. The van der Waals surface area contributed by atoms with E-state index in [0.717, 1.165) is 18.2 Å². The third-order valence-corrected chi connectivity index (χ3v) is 3.02. The molecule has 1 atom stereocenters. The molecule has 0 aliphatic rings. The quantitative estimate of drug-likeness (QED) is 0.819. The number of aromatic nitrogens is 2. The highest BCUT2D eigenvalue weighted by atomic mass is 15.2. The molecule has 0 saturated heterocycles. The van der Waals surface area contributed by atoms with Gasteiger partial charge >= 0.3 is 0 Å². The number of nitrogen functional groups attached to an aromatic ring is 1. The van der Waals surface area contributed by atoms with Gasteiger partial charge in [-0.2, -0.15) is 9.97 Å². The summed E-state index contributed by atoms with van der Waals surface area (Å²) in [5.41, 5.74) is 5.71. The first-order chi connectivity index (χ1) is 7.95. The summed E-state index contributed by atoms with van der Waals surface area (Å²) < 4.78 is 0. The summed E-state index contributed by atoms with van der Waals surface area (Å²) in [6.45, 7) is 9.40. The summed E-state index contributed by atoms with van der Waals surface area (Å²) in [6.07, 6.45) is 0. The van der Waals surface area contributed by atoms with E-state index in [1.54, 1.807) is 0 Å². The molecule has 5 heteroatoms. The summed E-state index contributed by atoms with van der Waals surface area (Å²) >= 11 is 0. The minimum atomic E-state index is 0.307. The lowest BCUT2D eigenvalue weighted by Crippen LogP contribution is -2.34. The van der Waals surface area contributed by atoms with Crippen LogP contribution in [-0.2, 0) is 0 Å². The molecule has 0 amide bonds. The van der Waals surface area contributed by atoms with Crippen LogP contribution in [0.2, 0.25) is 0 Å². The Hall–Kier alpha value is -1.52. The maximum Gasteiger partial charge on any atom is 0.223 e. The van der Waals surface area contributed by atoms with Crippen LogP contribution >= 0.6 is 0 Å². The zero-order valence-electron chi connectivity index (χ0n) is 11.4. The molecule has 0 saturated carbocycles. The van der Waals surface area contributed by atoms with E-state index in [2.05, 4.69) is 41.0 Å². The summed E-state index contributed by atoms with van der Waals surface area (Å²) in [5.74, 6) is 2.49. The molecule has 0 aliphatic heterocycles. The molecular formula is C12H23N5. The van der Waals surface area contributed by atoms with Crippen molar-refractivity contribution in [2.24, 2.45) is 5.92 Å². The molecule has 0 bridgehead atoms. The molecule has 0 radical (unpaired) electrons. The van der Waals surface area contributed by atoms with Crippen LogP contribution in [0.15, 0.2) is 6.07 Å². The van der Waals surface area contributed by atoms with Crippen LogP contribution in [-0.4, -0.2) is 29.6 Å². The maximum absolute atomic E-state index is 5.71. The van der Waals surface area contributed by atoms with Crippen molar-refractivity contribution < 1.29 is 0 Å². The van der Waals surface area contributed by atoms with Gasteiger partial charge in [-0.15, -0.1) is 0 Å². The molecule has 0 aromatic carbocycles. The number of hydrogen-bond donors (Lipinski definition) is 2. The molecule has 17 heavy (non-hydrogen) atoms. The number of nitrogens with one attached hydrogen (secondary N) is 1. The standard InChI is InChI=1S/C12H23N5/c1-6-14-10-7-11(16-12(13)15-10)17(5)9(4)8(2)3/h7-9H,6H2,1-5H3,(H3,13,14,15,16). The van der Waals surface area contributed by atoms with Crippen molar-refractivity contribution in [3.8, 4) is 0 Å². The second-order valence-electron chi connectivity index (χ2n) is 4.60. The number of rotatable bonds is 5. The van der Waals surface area contributed by atoms with Gasteiger partial charge in [0.1, 0.15) is 11.6 Å². The van der Waals surface area contributed by atoms with Crippen molar-refractivity contribution in [1.82, 2.24) is 9.97 Å². The fourth-order valence-corrected chi connectivity index (χ4v) is 1.56. The molecule has 3 N–H and O–H groups in total. The normalized spacial score (nSPS) is 12.6. The van der Waals surface area contributed by atoms with Crippen molar-refractivity contribution in [1.29, 1.82) is 0 Å². The molecular weight excluding hydrogens is 214 g/mol. The number of nitrogens with zero attached hydrogens (tertiary/aromatic N) is 3. The van der Waals surface area contributed by atoms with Gasteiger partial charge in [-0.1, -0.05) is 13.8 Å². The summed E-state index contributed by atoms with van der Waals surface area (Å²) in [7, 11) is 2.03. The molecule has 1 rings (SSSR count). The third kappa shape index (κ3) is 3.47. The maximum atomic E-state index is 5.71. The van der Waals surface area contributed by atoms with Crippen molar-refractivity contribution in [3.05, 3.63) is 6.07 Å². The number of hydrogen-bond acceptors (Lipinski definition) is 5. The van der Waals surface area contributed by atoms with Crippen LogP contribution in [0.3, 0.4) is 0 Å². The smallest absolute Gasteiger partial charge is 0.223 e. The molecule has 0 fully saturated rings. The minimum absolute atomic E-state index is 0.307. The van der Waals surface area contributed by atoms with Crippen molar-refractivity contribution in [2.45, 2.75) is 33.7 Å². The van der Waals surface area contributed by atoms with Crippen LogP contribution in [0.4, 0.5) is 17.6 Å². The number of nitrogens with two attached hydrogens (primary N) is 1. The SMILES string of the molecule is CCNc1cc(N(C)C(C)C(C)C)nc(N)n1. The third-order valence-electron chi connectivity index (χ3n) is 3.02. The average Bonchev–Trinajstić information content (AvgIpc) is 2.26. The highest BCUT2D eigenvalue weighted by molar-refractivity contribution is 5.52. The van der Waals surface area contributed by atoms with E-state index in [9.17, 15) is 0 Å². The monoisotopic (exact) mass is 237 g/mol. The van der Waals surface area contributed by atoms with Gasteiger partial charge in [-0.25, -0.2) is 0 Å². The molecule has 5 nitrogen and oxygen atoms in total. The topological polar surface area (TPSA) is 67.1 Å². The van der Waals surface area contributed by atoms with Crippen LogP contribution in [0.5, 0.6) is 0 Å². The lowest BCUT2D eigenvalue weighted by Gasteiger charge is -2.29. The average molecular weight is 237 g/mol. The zero-order valence-corrected chi connectivity index (χ0v) is 11.4. The van der Waals surface area contributed by atoms with Gasteiger partial charge in [0.05, 0.1) is 0 Å². The molecule has 0 aliphatic carbocycles. The van der Waals surface area contributed by atoms with Crippen molar-refractivity contribution in [2.75, 3.05) is 29.5 Å². The van der Waals surface area contributed by atoms with Crippen LogP contribution in [0.25, 0.3) is 0 Å². The Kier molecular flexibility index (Phi) is 4.54. The predicted octanol–water partition coefficient (Wildman–Crippen LogP) is 1.97. The highest BCUT2D eigenvalue weighted by Gasteiger charge is 2.16. The van der Waals surface area contributed by atoms with E-state index in [1.165, 1.54) is 0 Å². The first kappa shape index (κ1) is 13.5. The summed E-state index contributed by atoms with van der Waals surface area (Å²) in [4.78, 5) is 10.5. The highest BCUT2D eigenvalue weighted by Crippen LogP contribution is 2.20. The van der Waals surface area contributed by atoms with Crippen molar-refractivity contribution in [3.63, 3.8) is 0 Å². The van der Waals surface area contributed by atoms with Crippen molar-refractivity contribution >= 4 is 17.6 Å². The Morgan fingerprint density at radius 3 is 2.53 bits per heavy atom. The van der Waals surface area contributed by atoms with E-state index in [-0.39, 0.29) is 0 Å². The second-order valence-corrected chi connectivity index (χ2v) is 4.60. The molecule has 1 aromatic heterocycles. The number of anilines is 3. The molecule has 1 heterocycles. The van der Waals surface area contributed by atoms with E-state index in [0.29, 0.717) is 17.9 Å². The van der Waals surface area contributed by atoms with E-state index in [1.807, 2.05) is 20.0 Å². The molecule has 96 valence electrons. The summed E-state index contributed by atoms with van der Waals surface area (Å²) in [6, 6.07) is 2.33. The lowest BCUT2D eigenvalue weighted by atomic mass is 10.1. The second kappa shape index (κ2) is 5.70. The summed E-state index contributed by atoms with van der Waals surface area (Å²) in [5, 5.41) is 3.15. The van der Waals surface area contributed by atoms with Crippen LogP contribution in [0, 0.1) is 5.92 Å². The Morgan fingerprint density at radius 1 is 1.35 bits per heavy atom. The molecule has 0 spiro atoms. The van der Waals surface area contributed by atoms with E-state index in [4.69, 9.17) is 5.73 Å². The van der Waals surface area contributed by atoms with Gasteiger partial charge in [-0.3, -0.25) is 0 Å². The fourth-order valence-electron chi connectivity index (χ4n) is 1.56. The van der Waals surface area contributed by atoms with E-state index >= 15 is 0 Å². The first-order valence-electron chi connectivity index (χ1n) is 6.07. The first-order valence-corrected chi connectivity index (χ1v) is 6.07. The Morgan fingerprint density at radius 2 is 2.00 bits per heavy atom. The Bertz CT molecular complexity index is 364. The van der Waals surface area contributed by atoms with Gasteiger partial charge in [0.25, 0.3) is 0 Å². The van der Waals surface area contributed by atoms with Gasteiger partial charge < -0.3 is 16.0 Å². The van der Waals surface area contributed by atoms with Gasteiger partial charge in [-0.05, 0) is 19.8 Å². The molecule has 1 unspecified atom stereocenters. The van der Waals surface area contributed by atoms with Crippen LogP contribution < -0.4 is 16.0 Å². The van der Waals surface area contributed by atoms with Gasteiger partial charge in [0, 0.05) is 25.7 Å². The van der Waals surface area contributed by atoms with Gasteiger partial charge in [0.2, 0.25) is 5.95 Å².